The van der Waals surface area contributed by atoms with Crippen molar-refractivity contribution in [2.45, 2.75) is 32.8 Å². The van der Waals surface area contributed by atoms with Crippen LogP contribution in [0.3, 0.4) is 0 Å². The zero-order chi connectivity index (χ0) is 21.7. The summed E-state index contributed by atoms with van der Waals surface area (Å²) in [5.74, 6) is 0.397. The van der Waals surface area contributed by atoms with Gasteiger partial charge in [0.1, 0.15) is 12.0 Å². The zero-order valence-electron chi connectivity index (χ0n) is 16.8. The predicted molar refractivity (Wildman–Crippen MR) is 117 cm³/mol. The third-order valence-corrected chi connectivity index (χ3v) is 5.48. The van der Waals surface area contributed by atoms with Gasteiger partial charge in [-0.2, -0.15) is 0 Å². The molecule has 30 heavy (non-hydrogen) atoms. The van der Waals surface area contributed by atoms with Crippen molar-refractivity contribution in [2.75, 3.05) is 6.61 Å². The molecule has 0 aromatic heterocycles. The average molecular weight is 448 g/mol. The lowest BCUT2D eigenvalue weighted by molar-refractivity contribution is -0.129. The number of carbonyl (C=O) groups is 2. The zero-order valence-corrected chi connectivity index (χ0v) is 18.4. The van der Waals surface area contributed by atoms with Gasteiger partial charge in [0.05, 0.1) is 11.6 Å². The van der Waals surface area contributed by atoms with Crippen molar-refractivity contribution < 1.29 is 19.1 Å². The van der Waals surface area contributed by atoms with Gasteiger partial charge in [-0.15, -0.1) is 5.10 Å². The molecule has 0 saturated heterocycles. The number of hydrazone groups is 1. The maximum atomic E-state index is 12.1. The molecule has 0 aliphatic carbocycles. The van der Waals surface area contributed by atoms with E-state index >= 15 is 0 Å². The van der Waals surface area contributed by atoms with E-state index in [2.05, 4.69) is 10.4 Å². The molecule has 1 aliphatic heterocycles. The van der Waals surface area contributed by atoms with Crippen LogP contribution >= 0.6 is 23.4 Å². The molecule has 9 heteroatoms. The average Bonchev–Trinajstić information content (AvgIpc) is 3.11. The second kappa shape index (κ2) is 9.86. The quantitative estimate of drug-likeness (QED) is 0.713. The maximum absolute atomic E-state index is 12.1. The number of hydrogen-bond donors (Lipinski definition) is 1. The van der Waals surface area contributed by atoms with Crippen molar-refractivity contribution in [3.05, 3.63) is 58.6 Å². The Morgan fingerprint density at radius 3 is 2.57 bits per heavy atom. The van der Waals surface area contributed by atoms with E-state index in [-0.39, 0.29) is 11.8 Å². The highest BCUT2D eigenvalue weighted by Gasteiger charge is 2.33. The highest BCUT2D eigenvalue weighted by molar-refractivity contribution is 8.14. The van der Waals surface area contributed by atoms with Crippen LogP contribution in [0.2, 0.25) is 5.02 Å². The third kappa shape index (κ3) is 5.25. The largest absolute Gasteiger partial charge is 0.490 e. The molecule has 0 radical (unpaired) electrons. The molecule has 1 N–H and O–H groups in total. The molecule has 0 fully saturated rings. The highest BCUT2D eigenvalue weighted by atomic mass is 35.5. The van der Waals surface area contributed by atoms with E-state index in [9.17, 15) is 9.59 Å². The van der Waals surface area contributed by atoms with Gasteiger partial charge in [0.2, 0.25) is 11.8 Å². The molecule has 0 bridgehead atoms. The van der Waals surface area contributed by atoms with Crippen LogP contribution in [-0.4, -0.2) is 28.6 Å². The van der Waals surface area contributed by atoms with Crippen LogP contribution in [-0.2, 0) is 16.2 Å². The van der Waals surface area contributed by atoms with E-state index in [1.54, 1.807) is 12.1 Å². The summed E-state index contributed by atoms with van der Waals surface area (Å²) in [6.45, 7) is 5.43. The van der Waals surface area contributed by atoms with E-state index in [1.165, 1.54) is 30.6 Å². The van der Waals surface area contributed by atoms with Crippen molar-refractivity contribution in [3.8, 4) is 11.5 Å². The first-order chi connectivity index (χ1) is 14.4. The standard InChI is InChI=1S/C21H22ClN3O4S/c1-4-28-18-11-16(20-25(14(3)27)24-21(30-20)23-13(2)26)10-17(22)19(18)29-12-15-8-6-5-7-9-15/h5-11,20H,4,12H2,1-3H3,(H,23,24,26)/t20-/m1/s1. The number of halogens is 1. The first kappa shape index (κ1) is 22.0. The molecule has 2 aromatic carbocycles. The predicted octanol–water partition coefficient (Wildman–Crippen LogP) is 4.32. The fourth-order valence-corrected chi connectivity index (χ4v) is 4.23. The second-order valence-corrected chi connectivity index (χ2v) is 7.93. The molecule has 0 spiro atoms. The summed E-state index contributed by atoms with van der Waals surface area (Å²) in [6.07, 6.45) is 0. The van der Waals surface area contributed by atoms with Gasteiger partial charge in [0.25, 0.3) is 0 Å². The SMILES string of the molecule is CCOc1cc([C@H]2SC(NC(C)=O)=NN2C(C)=O)cc(Cl)c1OCc1ccccc1. The van der Waals surface area contributed by atoms with Crippen molar-refractivity contribution in [2.24, 2.45) is 5.10 Å². The van der Waals surface area contributed by atoms with Crippen molar-refractivity contribution >= 4 is 40.3 Å². The smallest absolute Gasteiger partial charge is 0.241 e. The van der Waals surface area contributed by atoms with E-state index in [0.717, 1.165) is 5.56 Å². The molecule has 2 aromatic rings. The van der Waals surface area contributed by atoms with Gasteiger partial charge in [-0.25, -0.2) is 5.01 Å². The Balaban J connectivity index is 1.88. The summed E-state index contributed by atoms with van der Waals surface area (Å²) in [5, 5.41) is 8.37. The summed E-state index contributed by atoms with van der Waals surface area (Å²) in [4.78, 5) is 23.5. The molecule has 7 nitrogen and oxygen atoms in total. The van der Waals surface area contributed by atoms with Crippen molar-refractivity contribution in [1.82, 2.24) is 10.3 Å². The Morgan fingerprint density at radius 1 is 1.20 bits per heavy atom. The number of thioether (sulfide) groups is 1. The Kier molecular flexibility index (Phi) is 7.23. The number of hydrogen-bond acceptors (Lipinski definition) is 6. The van der Waals surface area contributed by atoms with Gasteiger partial charge in [-0.3, -0.25) is 9.59 Å². The molecule has 3 rings (SSSR count). The molecular weight excluding hydrogens is 426 g/mol. The Morgan fingerprint density at radius 2 is 1.93 bits per heavy atom. The minimum atomic E-state index is -0.482. The van der Waals surface area contributed by atoms with Gasteiger partial charge >= 0.3 is 0 Å². The van der Waals surface area contributed by atoms with Crippen molar-refractivity contribution in [3.63, 3.8) is 0 Å². The number of amidine groups is 1. The van der Waals surface area contributed by atoms with Crippen LogP contribution in [0.5, 0.6) is 11.5 Å². The minimum Gasteiger partial charge on any atom is -0.490 e. The molecule has 158 valence electrons. The summed E-state index contributed by atoms with van der Waals surface area (Å²) >= 11 is 7.79. The molecule has 0 saturated carbocycles. The Bertz CT molecular complexity index is 968. The molecule has 1 heterocycles. The van der Waals surface area contributed by atoms with Gasteiger partial charge < -0.3 is 14.8 Å². The number of nitrogens with one attached hydrogen (secondary N) is 1. The lowest BCUT2D eigenvalue weighted by Gasteiger charge is -2.22. The Hall–Kier alpha value is -2.71. The van der Waals surface area contributed by atoms with Gasteiger partial charge in [-0.05, 0) is 30.2 Å². The molecule has 1 aliphatic rings. The minimum absolute atomic E-state index is 0.258. The van der Waals surface area contributed by atoms with Crippen LogP contribution in [0.4, 0.5) is 0 Å². The molecule has 2 amide bonds. The van der Waals surface area contributed by atoms with Crippen LogP contribution in [0, 0.1) is 0 Å². The lowest BCUT2D eigenvalue weighted by atomic mass is 10.2. The number of amides is 2. The lowest BCUT2D eigenvalue weighted by Crippen LogP contribution is -2.25. The number of ether oxygens (including phenoxy) is 2. The normalized spacial score (nSPS) is 15.5. The summed E-state index contributed by atoms with van der Waals surface area (Å²) in [7, 11) is 0. The second-order valence-electron chi connectivity index (χ2n) is 6.46. The van der Waals surface area contributed by atoms with E-state index in [0.29, 0.717) is 40.5 Å². The highest BCUT2D eigenvalue weighted by Crippen LogP contribution is 2.45. The number of carbonyl (C=O) groups excluding carboxylic acids is 2. The number of rotatable bonds is 6. The van der Waals surface area contributed by atoms with Crippen molar-refractivity contribution in [1.29, 1.82) is 0 Å². The van der Waals surface area contributed by atoms with E-state index < -0.39 is 5.37 Å². The number of nitrogens with zero attached hydrogens (tertiary/aromatic N) is 2. The number of benzene rings is 2. The molecular formula is C21H22ClN3O4S. The van der Waals surface area contributed by atoms with Crippen LogP contribution in [0.25, 0.3) is 0 Å². The van der Waals surface area contributed by atoms with E-state index in [1.807, 2.05) is 37.3 Å². The van der Waals surface area contributed by atoms with Gasteiger partial charge in [0, 0.05) is 13.8 Å². The first-order valence-corrected chi connectivity index (χ1v) is 10.6. The summed E-state index contributed by atoms with van der Waals surface area (Å²) in [6, 6.07) is 13.3. The maximum Gasteiger partial charge on any atom is 0.241 e. The molecule has 0 unspecified atom stereocenters. The van der Waals surface area contributed by atoms with Gasteiger partial charge in [-0.1, -0.05) is 53.7 Å². The van der Waals surface area contributed by atoms with Gasteiger partial charge in [0.15, 0.2) is 16.7 Å². The van der Waals surface area contributed by atoms with E-state index in [4.69, 9.17) is 21.1 Å². The van der Waals surface area contributed by atoms with Crippen LogP contribution in [0.1, 0.15) is 37.3 Å². The summed E-state index contributed by atoms with van der Waals surface area (Å²) < 4.78 is 11.7. The first-order valence-electron chi connectivity index (χ1n) is 9.34. The summed E-state index contributed by atoms with van der Waals surface area (Å²) in [5.41, 5.74) is 1.71. The Labute approximate surface area is 184 Å². The van der Waals surface area contributed by atoms with Crippen LogP contribution in [0.15, 0.2) is 47.6 Å². The monoisotopic (exact) mass is 447 g/mol. The van der Waals surface area contributed by atoms with Crippen LogP contribution < -0.4 is 14.8 Å². The topological polar surface area (TPSA) is 80.2 Å². The third-order valence-electron chi connectivity index (χ3n) is 4.09. The fraction of sp³-hybridized carbons (Fsp3) is 0.286. The fourth-order valence-electron chi connectivity index (χ4n) is 2.84. The molecule has 1 atom stereocenters.